The van der Waals surface area contributed by atoms with E-state index < -0.39 is 5.60 Å². The lowest BCUT2D eigenvalue weighted by Crippen LogP contribution is -2.64. The Balaban J connectivity index is 1.05. The number of rotatable bonds is 4. The van der Waals surface area contributed by atoms with Gasteiger partial charge in [0, 0.05) is 61.1 Å². The lowest BCUT2D eigenvalue weighted by Gasteiger charge is -2.54. The van der Waals surface area contributed by atoms with Crippen LogP contribution in [0, 0.1) is 5.41 Å². The molecule has 10 nitrogen and oxygen atoms in total. The Hall–Kier alpha value is -3.57. The van der Waals surface area contributed by atoms with Crippen LogP contribution >= 0.6 is 11.3 Å². The summed E-state index contributed by atoms with van der Waals surface area (Å²) in [6.07, 6.45) is 9.13. The van der Waals surface area contributed by atoms with Crippen LogP contribution < -0.4 is 4.90 Å². The molecular weight excluding hydrogens is 550 g/mol. The highest BCUT2D eigenvalue weighted by atomic mass is 32.1. The summed E-state index contributed by atoms with van der Waals surface area (Å²) in [5.74, 6) is 0.869. The van der Waals surface area contributed by atoms with Crippen LogP contribution in [0.5, 0.6) is 0 Å². The molecule has 7 rings (SSSR count). The molecule has 3 saturated heterocycles. The average molecular weight is 588 g/mol. The van der Waals surface area contributed by atoms with Gasteiger partial charge in [-0.25, -0.2) is 14.5 Å². The van der Waals surface area contributed by atoms with Crippen molar-refractivity contribution < 1.29 is 14.3 Å². The number of amides is 1. The molecule has 0 N–H and O–H groups in total. The lowest BCUT2D eigenvalue weighted by atomic mass is 9.73. The third-order valence-electron chi connectivity index (χ3n) is 8.46. The zero-order valence-electron chi connectivity index (χ0n) is 24.5. The van der Waals surface area contributed by atoms with Gasteiger partial charge in [0.2, 0.25) is 0 Å². The Kier molecular flexibility index (Phi) is 6.89. The van der Waals surface area contributed by atoms with Crippen molar-refractivity contribution in [2.45, 2.75) is 64.7 Å². The summed E-state index contributed by atoms with van der Waals surface area (Å²) in [4.78, 5) is 21.5. The van der Waals surface area contributed by atoms with Gasteiger partial charge in [0.25, 0.3) is 0 Å². The fourth-order valence-corrected chi connectivity index (χ4v) is 7.30. The fourth-order valence-electron chi connectivity index (χ4n) is 6.46. The van der Waals surface area contributed by atoms with E-state index in [9.17, 15) is 4.79 Å². The molecule has 0 bridgehead atoms. The summed E-state index contributed by atoms with van der Waals surface area (Å²) in [5.41, 5.74) is 6.39. The van der Waals surface area contributed by atoms with Crippen LogP contribution in [0.2, 0.25) is 0 Å². The van der Waals surface area contributed by atoms with Gasteiger partial charge < -0.3 is 19.3 Å². The van der Waals surface area contributed by atoms with Gasteiger partial charge in [-0.2, -0.15) is 5.10 Å². The summed E-state index contributed by atoms with van der Waals surface area (Å²) in [5, 5.41) is 13.8. The van der Waals surface area contributed by atoms with E-state index in [1.165, 1.54) is 0 Å². The number of fused-ring (bicyclic) bond motifs is 1. The highest BCUT2D eigenvalue weighted by Crippen LogP contribution is 2.42. The molecular formula is C31H37N7O3S. The van der Waals surface area contributed by atoms with E-state index in [1.807, 2.05) is 48.1 Å². The Bertz CT molecular complexity index is 1580. The first-order valence-electron chi connectivity index (χ1n) is 14.9. The number of aromatic nitrogens is 5. The molecule has 6 heterocycles. The Morgan fingerprint density at radius 1 is 1.07 bits per heavy atom. The van der Waals surface area contributed by atoms with Gasteiger partial charge in [-0.05, 0) is 65.0 Å². The predicted molar refractivity (Wildman–Crippen MR) is 162 cm³/mol. The molecule has 1 atom stereocenters. The van der Waals surface area contributed by atoms with Crippen molar-refractivity contribution in [3.8, 4) is 22.4 Å². The maximum absolute atomic E-state index is 12.7. The number of hydrogen-bond acceptors (Lipinski definition) is 9. The normalized spacial score (nSPS) is 20.6. The van der Waals surface area contributed by atoms with Crippen molar-refractivity contribution in [1.29, 1.82) is 0 Å². The first kappa shape index (κ1) is 27.3. The molecule has 3 aromatic heterocycles. The van der Waals surface area contributed by atoms with Crippen LogP contribution in [0.1, 0.15) is 59.1 Å². The molecule has 3 aliphatic rings. The number of carbonyl (C=O) groups is 1. The number of anilines is 1. The van der Waals surface area contributed by atoms with Gasteiger partial charge in [-0.1, -0.05) is 12.1 Å². The quantitative estimate of drug-likeness (QED) is 0.280. The van der Waals surface area contributed by atoms with Crippen molar-refractivity contribution in [3.63, 3.8) is 0 Å². The molecule has 1 spiro atoms. The number of benzene rings is 1. The number of piperidine rings is 1. The molecule has 3 fully saturated rings. The van der Waals surface area contributed by atoms with E-state index in [4.69, 9.17) is 14.5 Å². The van der Waals surface area contributed by atoms with Crippen molar-refractivity contribution in [2.24, 2.45) is 5.41 Å². The topological polar surface area (TPSA) is 98.5 Å². The van der Waals surface area contributed by atoms with E-state index in [-0.39, 0.29) is 17.7 Å². The molecule has 220 valence electrons. The van der Waals surface area contributed by atoms with Gasteiger partial charge in [-0.3, -0.25) is 0 Å². The average Bonchev–Trinajstić information content (AvgIpc) is 3.66. The number of likely N-dealkylation sites (tertiary alicyclic amines) is 1. The first-order valence-corrected chi connectivity index (χ1v) is 15.7. The minimum atomic E-state index is -0.483. The Labute approximate surface area is 249 Å². The SMILES string of the molecule is CC(C)(C)OC(=O)N1CCCC2(C1)CN(c1ccc(-c3ccc(-c4cnn(C5CCCCO5)c4)c4ncsc34)nn1)C2. The third-order valence-corrected chi connectivity index (χ3v) is 9.32. The summed E-state index contributed by atoms with van der Waals surface area (Å²) < 4.78 is 14.6. The molecule has 1 amide bonds. The van der Waals surface area contributed by atoms with Gasteiger partial charge >= 0.3 is 6.09 Å². The van der Waals surface area contributed by atoms with E-state index in [1.54, 1.807) is 11.3 Å². The van der Waals surface area contributed by atoms with Crippen LogP contribution in [0.15, 0.2) is 42.2 Å². The summed E-state index contributed by atoms with van der Waals surface area (Å²) in [6.45, 7) is 9.75. The number of carbonyl (C=O) groups excluding carboxylic acids is 1. The van der Waals surface area contributed by atoms with Gasteiger partial charge in [0.1, 0.15) is 11.8 Å². The second-order valence-corrected chi connectivity index (χ2v) is 13.7. The molecule has 0 radical (unpaired) electrons. The van der Waals surface area contributed by atoms with E-state index >= 15 is 0 Å². The number of thiazole rings is 1. The first-order chi connectivity index (χ1) is 20.3. The molecule has 42 heavy (non-hydrogen) atoms. The monoisotopic (exact) mass is 587 g/mol. The van der Waals surface area contributed by atoms with Crippen LogP contribution in [0.25, 0.3) is 32.6 Å². The van der Waals surface area contributed by atoms with Crippen LogP contribution in [0.4, 0.5) is 10.6 Å². The largest absolute Gasteiger partial charge is 0.444 e. The van der Waals surface area contributed by atoms with Gasteiger partial charge in [0.05, 0.1) is 27.6 Å². The fraction of sp³-hybridized carbons (Fsp3) is 0.516. The Morgan fingerprint density at radius 3 is 2.69 bits per heavy atom. The van der Waals surface area contributed by atoms with E-state index in [2.05, 4.69) is 44.6 Å². The minimum Gasteiger partial charge on any atom is -0.444 e. The second-order valence-electron chi connectivity index (χ2n) is 12.9. The third kappa shape index (κ3) is 5.24. The van der Waals surface area contributed by atoms with Crippen LogP contribution in [0.3, 0.4) is 0 Å². The van der Waals surface area contributed by atoms with E-state index in [0.29, 0.717) is 0 Å². The van der Waals surface area contributed by atoms with Gasteiger partial charge in [-0.15, -0.1) is 21.5 Å². The number of hydrogen-bond donors (Lipinski definition) is 0. The van der Waals surface area contributed by atoms with E-state index in [0.717, 1.165) is 103 Å². The summed E-state index contributed by atoms with van der Waals surface area (Å²) >= 11 is 1.62. The second kappa shape index (κ2) is 10.6. The Morgan fingerprint density at radius 2 is 1.93 bits per heavy atom. The maximum atomic E-state index is 12.7. The highest BCUT2D eigenvalue weighted by molar-refractivity contribution is 7.17. The molecule has 3 aliphatic heterocycles. The zero-order chi connectivity index (χ0) is 28.9. The van der Waals surface area contributed by atoms with Crippen molar-refractivity contribution >= 4 is 33.5 Å². The molecule has 0 aliphatic carbocycles. The standard InChI is InChI=1S/C31H37N7O3S/c1-30(2,3)41-29(39)36-13-6-12-31(17-36)18-37(19-31)25-11-10-24(34-35-25)23-9-8-22(27-28(23)42-20-32-27)21-15-33-38(16-21)26-7-4-5-14-40-26/h8-11,15-16,20,26H,4-7,12-14,17-19H2,1-3H3. The zero-order valence-corrected chi connectivity index (χ0v) is 25.3. The molecule has 1 unspecified atom stereocenters. The molecule has 11 heteroatoms. The summed E-state index contributed by atoms with van der Waals surface area (Å²) in [7, 11) is 0. The predicted octanol–water partition coefficient (Wildman–Crippen LogP) is 6.15. The molecule has 1 aromatic carbocycles. The molecule has 4 aromatic rings. The van der Waals surface area contributed by atoms with Gasteiger partial charge in [0.15, 0.2) is 5.82 Å². The minimum absolute atomic E-state index is 0.00907. The number of nitrogens with zero attached hydrogens (tertiary/aromatic N) is 7. The lowest BCUT2D eigenvalue weighted by molar-refractivity contribution is -0.0394. The van der Waals surface area contributed by atoms with Crippen LogP contribution in [-0.2, 0) is 9.47 Å². The summed E-state index contributed by atoms with van der Waals surface area (Å²) in [6, 6.07) is 8.32. The highest BCUT2D eigenvalue weighted by Gasteiger charge is 2.47. The smallest absolute Gasteiger partial charge is 0.410 e. The van der Waals surface area contributed by atoms with Crippen molar-refractivity contribution in [1.82, 2.24) is 29.9 Å². The van der Waals surface area contributed by atoms with Crippen molar-refractivity contribution in [3.05, 3.63) is 42.2 Å². The number of ether oxygens (including phenoxy) is 2. The van der Waals surface area contributed by atoms with Crippen LogP contribution in [-0.4, -0.2) is 74.3 Å². The van der Waals surface area contributed by atoms with Crippen molar-refractivity contribution in [2.75, 3.05) is 37.7 Å². The maximum Gasteiger partial charge on any atom is 0.410 e. The molecule has 0 saturated carbocycles.